The van der Waals surface area contributed by atoms with Crippen LogP contribution >= 0.6 is 11.3 Å². The van der Waals surface area contributed by atoms with Crippen molar-refractivity contribution in [2.75, 3.05) is 0 Å². The summed E-state index contributed by atoms with van der Waals surface area (Å²) in [4.78, 5) is 5.53. The number of aromatic nitrogens is 2. The van der Waals surface area contributed by atoms with Crippen LogP contribution in [-0.4, -0.2) is 9.55 Å². The van der Waals surface area contributed by atoms with Gasteiger partial charge in [-0.05, 0) is 13.0 Å². The fourth-order valence-electron chi connectivity index (χ4n) is 1.43. The molecule has 0 aliphatic rings. The second-order valence-electron chi connectivity index (χ2n) is 3.04. The summed E-state index contributed by atoms with van der Waals surface area (Å²) in [6, 6.07) is 2.11. The molecule has 74 valence electrons. The largest absolute Gasteiger partial charge is 0.331 e. The number of imidazole rings is 1. The maximum absolute atomic E-state index is 5.57. The van der Waals surface area contributed by atoms with Gasteiger partial charge >= 0.3 is 0 Å². The lowest BCUT2D eigenvalue weighted by Crippen LogP contribution is -1.95. The predicted molar refractivity (Wildman–Crippen MR) is 59.1 cm³/mol. The molecule has 0 aliphatic heterocycles. The zero-order chi connectivity index (χ0) is 9.97. The molecule has 0 bridgehead atoms. The maximum Gasteiger partial charge on any atom is 0.140 e. The summed E-state index contributed by atoms with van der Waals surface area (Å²) >= 11 is 1.69. The van der Waals surface area contributed by atoms with Crippen LogP contribution in [0.25, 0.3) is 11.4 Å². The Morgan fingerprint density at radius 2 is 2.43 bits per heavy atom. The molecule has 0 fully saturated rings. The number of hydrogen-bond donors (Lipinski definition) is 1. The van der Waals surface area contributed by atoms with Gasteiger partial charge in [0.2, 0.25) is 0 Å². The molecule has 2 heterocycles. The van der Waals surface area contributed by atoms with Gasteiger partial charge < -0.3 is 10.3 Å². The lowest BCUT2D eigenvalue weighted by molar-refractivity contribution is 0.771. The van der Waals surface area contributed by atoms with Gasteiger partial charge in [0.25, 0.3) is 0 Å². The van der Waals surface area contributed by atoms with E-state index in [1.807, 2.05) is 12.4 Å². The van der Waals surface area contributed by atoms with E-state index in [9.17, 15) is 0 Å². The number of nitrogens with zero attached hydrogens (tertiary/aromatic N) is 2. The highest BCUT2D eigenvalue weighted by Gasteiger charge is 2.06. The molecule has 2 rings (SSSR count). The van der Waals surface area contributed by atoms with Gasteiger partial charge in [0.05, 0.1) is 0 Å². The normalized spacial score (nSPS) is 10.7. The number of nitrogens with two attached hydrogens (primary N) is 1. The van der Waals surface area contributed by atoms with E-state index >= 15 is 0 Å². The maximum atomic E-state index is 5.57. The van der Waals surface area contributed by atoms with Crippen molar-refractivity contribution in [2.24, 2.45) is 5.73 Å². The van der Waals surface area contributed by atoms with Gasteiger partial charge in [0.1, 0.15) is 5.82 Å². The molecule has 4 heteroatoms. The molecule has 0 spiro atoms. The highest BCUT2D eigenvalue weighted by Crippen LogP contribution is 2.23. The molecule has 2 aromatic heterocycles. The van der Waals surface area contributed by atoms with E-state index < -0.39 is 0 Å². The Kier molecular flexibility index (Phi) is 2.65. The van der Waals surface area contributed by atoms with Gasteiger partial charge in [-0.15, -0.1) is 11.3 Å². The number of hydrogen-bond acceptors (Lipinski definition) is 3. The van der Waals surface area contributed by atoms with Gasteiger partial charge in [-0.1, -0.05) is 0 Å². The third-order valence-corrected chi connectivity index (χ3v) is 3.13. The second kappa shape index (κ2) is 3.94. The minimum Gasteiger partial charge on any atom is -0.331 e. The van der Waals surface area contributed by atoms with Gasteiger partial charge in [-0.3, -0.25) is 0 Å². The third-order valence-electron chi connectivity index (χ3n) is 2.17. The quantitative estimate of drug-likeness (QED) is 0.837. The van der Waals surface area contributed by atoms with Crippen LogP contribution in [0.1, 0.15) is 11.8 Å². The van der Waals surface area contributed by atoms with E-state index in [1.54, 1.807) is 11.3 Å². The van der Waals surface area contributed by atoms with Crippen LogP contribution in [0, 0.1) is 0 Å². The molecule has 0 saturated carbocycles. The minimum absolute atomic E-state index is 0.609. The molecule has 0 unspecified atom stereocenters. The van der Waals surface area contributed by atoms with E-state index in [4.69, 9.17) is 5.73 Å². The van der Waals surface area contributed by atoms with Crippen molar-refractivity contribution in [3.05, 3.63) is 28.7 Å². The lowest BCUT2D eigenvalue weighted by atomic mass is 10.3. The Morgan fingerprint density at radius 3 is 3.07 bits per heavy atom. The van der Waals surface area contributed by atoms with Gasteiger partial charge in [0.15, 0.2) is 0 Å². The molecule has 2 aromatic rings. The molecule has 2 N–H and O–H groups in total. The Morgan fingerprint density at radius 1 is 1.57 bits per heavy atom. The van der Waals surface area contributed by atoms with Crippen LogP contribution in [-0.2, 0) is 13.1 Å². The van der Waals surface area contributed by atoms with Crippen LogP contribution in [0.15, 0.2) is 23.8 Å². The van der Waals surface area contributed by atoms with Crippen LogP contribution in [0.3, 0.4) is 0 Å². The molecular formula is C10H13N3S. The Balaban J connectivity index is 2.38. The van der Waals surface area contributed by atoms with E-state index in [0.29, 0.717) is 6.54 Å². The SMILES string of the molecule is CCn1ccnc1-c1csc(CN)c1. The first-order valence-corrected chi connectivity index (χ1v) is 5.52. The van der Waals surface area contributed by atoms with Crippen molar-refractivity contribution in [1.29, 1.82) is 0 Å². The van der Waals surface area contributed by atoms with Crippen molar-refractivity contribution in [3.63, 3.8) is 0 Å². The highest BCUT2D eigenvalue weighted by atomic mass is 32.1. The van der Waals surface area contributed by atoms with E-state index in [2.05, 4.69) is 27.9 Å². The van der Waals surface area contributed by atoms with Gasteiger partial charge in [-0.25, -0.2) is 4.98 Å². The van der Waals surface area contributed by atoms with Crippen molar-refractivity contribution in [1.82, 2.24) is 9.55 Å². The Bertz CT molecular complexity index is 416. The molecule has 0 amide bonds. The number of aryl methyl sites for hydroxylation is 1. The average Bonchev–Trinajstić information content (AvgIpc) is 2.85. The van der Waals surface area contributed by atoms with E-state index in [1.165, 1.54) is 10.4 Å². The molecule has 14 heavy (non-hydrogen) atoms. The van der Waals surface area contributed by atoms with Crippen LogP contribution in [0.2, 0.25) is 0 Å². The first-order chi connectivity index (χ1) is 6.85. The molecule has 3 nitrogen and oxygen atoms in total. The Labute approximate surface area is 87.2 Å². The fourth-order valence-corrected chi connectivity index (χ4v) is 2.17. The highest BCUT2D eigenvalue weighted by molar-refractivity contribution is 7.10. The van der Waals surface area contributed by atoms with Crippen LogP contribution in [0.4, 0.5) is 0 Å². The standard InChI is InChI=1S/C10H13N3S/c1-2-13-4-3-12-10(13)8-5-9(6-11)14-7-8/h3-5,7H,2,6,11H2,1H3. The topological polar surface area (TPSA) is 43.8 Å². The first kappa shape index (κ1) is 9.43. The second-order valence-corrected chi connectivity index (χ2v) is 4.04. The van der Waals surface area contributed by atoms with Gasteiger partial charge in [0, 0.05) is 41.3 Å². The molecule has 0 atom stereocenters. The lowest BCUT2D eigenvalue weighted by Gasteiger charge is -2.01. The number of rotatable bonds is 3. The zero-order valence-corrected chi connectivity index (χ0v) is 8.92. The minimum atomic E-state index is 0.609. The summed E-state index contributed by atoms with van der Waals surface area (Å²) < 4.78 is 2.13. The summed E-state index contributed by atoms with van der Waals surface area (Å²) in [5.41, 5.74) is 6.74. The molecule has 0 radical (unpaired) electrons. The third kappa shape index (κ3) is 1.58. The van der Waals surface area contributed by atoms with Gasteiger partial charge in [-0.2, -0.15) is 0 Å². The summed E-state index contributed by atoms with van der Waals surface area (Å²) in [6.45, 7) is 3.67. The monoisotopic (exact) mass is 207 g/mol. The van der Waals surface area contributed by atoms with E-state index in [-0.39, 0.29) is 0 Å². The molecule has 0 aliphatic carbocycles. The van der Waals surface area contributed by atoms with Crippen LogP contribution in [0.5, 0.6) is 0 Å². The smallest absolute Gasteiger partial charge is 0.140 e. The molecule has 0 saturated heterocycles. The van der Waals surface area contributed by atoms with E-state index in [0.717, 1.165) is 12.4 Å². The summed E-state index contributed by atoms with van der Waals surface area (Å²) in [7, 11) is 0. The van der Waals surface area contributed by atoms with Crippen molar-refractivity contribution in [2.45, 2.75) is 20.0 Å². The molecular weight excluding hydrogens is 194 g/mol. The summed E-state index contributed by atoms with van der Waals surface area (Å²) in [5, 5.41) is 2.11. The Hall–Kier alpha value is -1.13. The van der Waals surface area contributed by atoms with Crippen molar-refractivity contribution in [3.8, 4) is 11.4 Å². The van der Waals surface area contributed by atoms with Crippen molar-refractivity contribution >= 4 is 11.3 Å². The first-order valence-electron chi connectivity index (χ1n) is 4.64. The zero-order valence-electron chi connectivity index (χ0n) is 8.10. The average molecular weight is 207 g/mol. The van der Waals surface area contributed by atoms with Crippen molar-refractivity contribution < 1.29 is 0 Å². The summed E-state index contributed by atoms with van der Waals surface area (Å²) in [5.74, 6) is 1.03. The molecule has 0 aromatic carbocycles. The van der Waals surface area contributed by atoms with Crippen LogP contribution < -0.4 is 5.73 Å². The fraction of sp³-hybridized carbons (Fsp3) is 0.300. The number of thiophene rings is 1. The summed E-state index contributed by atoms with van der Waals surface area (Å²) in [6.07, 6.45) is 3.83. The predicted octanol–water partition coefficient (Wildman–Crippen LogP) is 2.09.